The Balaban J connectivity index is 2.38. The first kappa shape index (κ1) is 15.2. The Labute approximate surface area is 111 Å². The SMILES string of the molecule is CCNCCc1ccccc1COCCN(C)C. The van der Waals surface area contributed by atoms with Crippen LogP contribution in [0.3, 0.4) is 0 Å². The average Bonchev–Trinajstić information content (AvgIpc) is 2.36. The molecule has 1 aromatic carbocycles. The Hall–Kier alpha value is -0.900. The molecule has 0 amide bonds. The summed E-state index contributed by atoms with van der Waals surface area (Å²) >= 11 is 0. The Kier molecular flexibility index (Phi) is 7.65. The van der Waals surface area contributed by atoms with E-state index in [4.69, 9.17) is 4.74 Å². The van der Waals surface area contributed by atoms with Crippen molar-refractivity contribution in [3.63, 3.8) is 0 Å². The first-order chi connectivity index (χ1) is 8.74. The molecule has 1 N–H and O–H groups in total. The molecule has 0 heterocycles. The summed E-state index contributed by atoms with van der Waals surface area (Å²) in [4.78, 5) is 2.14. The molecule has 0 aliphatic carbocycles. The number of benzene rings is 1. The molecule has 0 saturated carbocycles. The number of rotatable bonds is 9. The molecular formula is C15H26N2O. The minimum Gasteiger partial charge on any atom is -0.375 e. The Morgan fingerprint density at radius 3 is 2.56 bits per heavy atom. The first-order valence-corrected chi connectivity index (χ1v) is 6.74. The fourth-order valence-corrected chi connectivity index (χ4v) is 1.77. The van der Waals surface area contributed by atoms with Crippen molar-refractivity contribution in [3.8, 4) is 0 Å². The first-order valence-electron chi connectivity index (χ1n) is 6.74. The van der Waals surface area contributed by atoms with Crippen LogP contribution in [0.2, 0.25) is 0 Å². The topological polar surface area (TPSA) is 24.5 Å². The van der Waals surface area contributed by atoms with Crippen molar-refractivity contribution in [3.05, 3.63) is 35.4 Å². The number of ether oxygens (including phenoxy) is 1. The van der Waals surface area contributed by atoms with E-state index >= 15 is 0 Å². The second-order valence-electron chi connectivity index (χ2n) is 4.73. The average molecular weight is 250 g/mol. The summed E-state index contributed by atoms with van der Waals surface area (Å²) in [6.45, 7) is 6.67. The Morgan fingerprint density at radius 1 is 1.17 bits per heavy atom. The van der Waals surface area contributed by atoms with Crippen molar-refractivity contribution < 1.29 is 4.74 Å². The minimum absolute atomic E-state index is 0.718. The molecule has 1 aromatic rings. The van der Waals surface area contributed by atoms with Gasteiger partial charge < -0.3 is 15.0 Å². The number of hydrogen-bond donors (Lipinski definition) is 1. The zero-order valence-electron chi connectivity index (χ0n) is 11.9. The maximum Gasteiger partial charge on any atom is 0.0720 e. The van der Waals surface area contributed by atoms with E-state index in [1.165, 1.54) is 11.1 Å². The van der Waals surface area contributed by atoms with Gasteiger partial charge in [0.05, 0.1) is 13.2 Å². The fraction of sp³-hybridized carbons (Fsp3) is 0.600. The van der Waals surface area contributed by atoms with Gasteiger partial charge in [0.25, 0.3) is 0 Å². The number of nitrogens with one attached hydrogen (secondary N) is 1. The van der Waals surface area contributed by atoms with Crippen LogP contribution in [-0.4, -0.2) is 45.2 Å². The van der Waals surface area contributed by atoms with Gasteiger partial charge in [-0.2, -0.15) is 0 Å². The van der Waals surface area contributed by atoms with E-state index in [9.17, 15) is 0 Å². The van der Waals surface area contributed by atoms with Gasteiger partial charge in [-0.25, -0.2) is 0 Å². The summed E-state index contributed by atoms with van der Waals surface area (Å²) in [5, 5.41) is 3.36. The van der Waals surface area contributed by atoms with Crippen molar-refractivity contribution >= 4 is 0 Å². The number of likely N-dealkylation sites (N-methyl/N-ethyl adjacent to an activating group) is 2. The third-order valence-electron chi connectivity index (χ3n) is 2.88. The lowest BCUT2D eigenvalue weighted by atomic mass is 10.1. The monoisotopic (exact) mass is 250 g/mol. The lowest BCUT2D eigenvalue weighted by Crippen LogP contribution is -2.18. The molecule has 0 aliphatic rings. The van der Waals surface area contributed by atoms with E-state index in [2.05, 4.69) is 55.5 Å². The third kappa shape index (κ3) is 6.15. The maximum absolute atomic E-state index is 5.72. The lowest BCUT2D eigenvalue weighted by molar-refractivity contribution is 0.105. The molecule has 102 valence electrons. The normalized spacial score (nSPS) is 11.1. The van der Waals surface area contributed by atoms with Gasteiger partial charge in [-0.05, 0) is 44.7 Å². The van der Waals surface area contributed by atoms with Gasteiger partial charge in [-0.1, -0.05) is 31.2 Å². The molecule has 0 atom stereocenters. The molecule has 0 aliphatic heterocycles. The smallest absolute Gasteiger partial charge is 0.0720 e. The van der Waals surface area contributed by atoms with E-state index in [-0.39, 0.29) is 0 Å². The van der Waals surface area contributed by atoms with E-state index in [1.54, 1.807) is 0 Å². The maximum atomic E-state index is 5.72. The van der Waals surface area contributed by atoms with Crippen LogP contribution in [0, 0.1) is 0 Å². The molecule has 0 saturated heterocycles. The highest BCUT2D eigenvalue weighted by atomic mass is 16.5. The molecule has 0 fully saturated rings. The summed E-state index contributed by atoms with van der Waals surface area (Å²) in [7, 11) is 4.13. The zero-order valence-corrected chi connectivity index (χ0v) is 11.9. The minimum atomic E-state index is 0.718. The molecule has 0 spiro atoms. The van der Waals surface area contributed by atoms with Crippen molar-refractivity contribution in [2.75, 3.05) is 40.3 Å². The van der Waals surface area contributed by atoms with Crippen molar-refractivity contribution in [1.82, 2.24) is 10.2 Å². The molecular weight excluding hydrogens is 224 g/mol. The molecule has 0 radical (unpaired) electrons. The van der Waals surface area contributed by atoms with E-state index < -0.39 is 0 Å². The zero-order chi connectivity index (χ0) is 13.2. The van der Waals surface area contributed by atoms with Gasteiger partial charge in [0.2, 0.25) is 0 Å². The molecule has 1 rings (SSSR count). The summed E-state index contributed by atoms with van der Waals surface area (Å²) in [5.74, 6) is 0. The van der Waals surface area contributed by atoms with Gasteiger partial charge in [0, 0.05) is 6.54 Å². The van der Waals surface area contributed by atoms with Crippen LogP contribution in [-0.2, 0) is 17.8 Å². The molecule has 18 heavy (non-hydrogen) atoms. The summed E-state index contributed by atoms with van der Waals surface area (Å²) in [6, 6.07) is 8.55. The lowest BCUT2D eigenvalue weighted by Gasteiger charge is -2.12. The van der Waals surface area contributed by atoms with Crippen molar-refractivity contribution in [2.24, 2.45) is 0 Å². The quantitative estimate of drug-likeness (QED) is 0.678. The van der Waals surface area contributed by atoms with E-state index in [0.717, 1.165) is 39.3 Å². The van der Waals surface area contributed by atoms with Crippen molar-refractivity contribution in [1.29, 1.82) is 0 Å². The summed E-state index contributed by atoms with van der Waals surface area (Å²) < 4.78 is 5.72. The predicted molar refractivity (Wildman–Crippen MR) is 76.9 cm³/mol. The Morgan fingerprint density at radius 2 is 1.89 bits per heavy atom. The summed E-state index contributed by atoms with van der Waals surface area (Å²) in [6.07, 6.45) is 1.07. The molecule has 3 nitrogen and oxygen atoms in total. The molecule has 0 bridgehead atoms. The molecule has 0 aromatic heterocycles. The van der Waals surface area contributed by atoms with Gasteiger partial charge in [-0.3, -0.25) is 0 Å². The van der Waals surface area contributed by atoms with Crippen LogP contribution in [0.15, 0.2) is 24.3 Å². The highest BCUT2D eigenvalue weighted by Gasteiger charge is 2.01. The highest BCUT2D eigenvalue weighted by molar-refractivity contribution is 5.26. The van der Waals surface area contributed by atoms with Crippen LogP contribution < -0.4 is 5.32 Å². The number of hydrogen-bond acceptors (Lipinski definition) is 3. The van der Waals surface area contributed by atoms with Gasteiger partial charge in [0.1, 0.15) is 0 Å². The second-order valence-corrected chi connectivity index (χ2v) is 4.73. The van der Waals surface area contributed by atoms with Crippen molar-refractivity contribution in [2.45, 2.75) is 20.0 Å². The van der Waals surface area contributed by atoms with Crippen LogP contribution in [0.4, 0.5) is 0 Å². The van der Waals surface area contributed by atoms with E-state index in [1.807, 2.05) is 0 Å². The predicted octanol–water partition coefficient (Wildman–Crippen LogP) is 1.92. The fourth-order valence-electron chi connectivity index (χ4n) is 1.77. The Bertz CT molecular complexity index is 326. The van der Waals surface area contributed by atoms with Crippen LogP contribution >= 0.6 is 0 Å². The third-order valence-corrected chi connectivity index (χ3v) is 2.88. The largest absolute Gasteiger partial charge is 0.375 e. The number of nitrogens with zero attached hydrogens (tertiary/aromatic N) is 1. The summed E-state index contributed by atoms with van der Waals surface area (Å²) in [5.41, 5.74) is 2.71. The van der Waals surface area contributed by atoms with Crippen LogP contribution in [0.25, 0.3) is 0 Å². The van der Waals surface area contributed by atoms with Crippen LogP contribution in [0.5, 0.6) is 0 Å². The molecule has 0 unspecified atom stereocenters. The highest BCUT2D eigenvalue weighted by Crippen LogP contribution is 2.10. The van der Waals surface area contributed by atoms with E-state index in [0.29, 0.717) is 0 Å². The van der Waals surface area contributed by atoms with Crippen LogP contribution in [0.1, 0.15) is 18.1 Å². The van der Waals surface area contributed by atoms with Gasteiger partial charge in [-0.15, -0.1) is 0 Å². The van der Waals surface area contributed by atoms with Gasteiger partial charge in [0.15, 0.2) is 0 Å². The van der Waals surface area contributed by atoms with Gasteiger partial charge >= 0.3 is 0 Å². The second kappa shape index (κ2) is 9.09. The molecule has 3 heteroatoms. The standard InChI is InChI=1S/C15H26N2O/c1-4-16-10-9-14-7-5-6-8-15(14)13-18-12-11-17(2)3/h5-8,16H,4,9-13H2,1-3H3.